The second-order valence-corrected chi connectivity index (χ2v) is 8.21. The van der Waals surface area contributed by atoms with Gasteiger partial charge in [-0.1, -0.05) is 30.3 Å². The van der Waals surface area contributed by atoms with E-state index in [4.69, 9.17) is 23.7 Å². The third-order valence-corrected chi connectivity index (χ3v) is 5.54. The van der Waals surface area contributed by atoms with Gasteiger partial charge in [0.1, 0.15) is 18.5 Å². The molecule has 1 aliphatic heterocycles. The largest absolute Gasteiger partial charge is 0.467 e. The SMILES string of the molecule is CNc1ccc(COC(=O)NCCc2ccccc2)c(OC2CC(OC(C)=O)CC(C(=O)OC)O2)c1. The first-order valence-corrected chi connectivity index (χ1v) is 11.7. The normalized spacial score (nSPS) is 19.0. The highest BCUT2D eigenvalue weighted by Gasteiger charge is 2.37. The molecule has 0 aromatic heterocycles. The van der Waals surface area contributed by atoms with E-state index in [0.717, 1.165) is 11.3 Å². The molecule has 194 valence electrons. The average Bonchev–Trinajstić information content (AvgIpc) is 2.87. The van der Waals surface area contributed by atoms with Crippen molar-refractivity contribution in [2.24, 2.45) is 0 Å². The van der Waals surface area contributed by atoms with Crippen molar-refractivity contribution in [3.63, 3.8) is 0 Å². The van der Waals surface area contributed by atoms with Gasteiger partial charge in [-0.15, -0.1) is 0 Å². The van der Waals surface area contributed by atoms with E-state index in [-0.39, 0.29) is 19.4 Å². The Kier molecular flexibility index (Phi) is 9.93. The van der Waals surface area contributed by atoms with Gasteiger partial charge in [0.25, 0.3) is 0 Å². The van der Waals surface area contributed by atoms with Gasteiger partial charge in [-0.25, -0.2) is 9.59 Å². The molecule has 2 aromatic carbocycles. The minimum Gasteiger partial charge on any atom is -0.467 e. The molecule has 1 saturated heterocycles. The van der Waals surface area contributed by atoms with Crippen LogP contribution in [0.1, 0.15) is 30.9 Å². The second kappa shape index (κ2) is 13.3. The molecule has 3 atom stereocenters. The number of methoxy groups -OCH3 is 1. The Hall–Kier alpha value is -3.79. The van der Waals surface area contributed by atoms with E-state index in [0.29, 0.717) is 24.3 Å². The molecule has 1 amide bonds. The van der Waals surface area contributed by atoms with Crippen molar-refractivity contribution in [3.05, 3.63) is 59.7 Å². The van der Waals surface area contributed by atoms with Gasteiger partial charge in [0, 0.05) is 50.7 Å². The van der Waals surface area contributed by atoms with Gasteiger partial charge in [0.05, 0.1) is 7.11 Å². The third-order valence-electron chi connectivity index (χ3n) is 5.54. The van der Waals surface area contributed by atoms with Crippen molar-refractivity contribution >= 4 is 23.7 Å². The molecule has 36 heavy (non-hydrogen) atoms. The van der Waals surface area contributed by atoms with E-state index < -0.39 is 36.5 Å². The second-order valence-electron chi connectivity index (χ2n) is 8.21. The fourth-order valence-corrected chi connectivity index (χ4v) is 3.76. The predicted molar refractivity (Wildman–Crippen MR) is 130 cm³/mol. The molecule has 1 heterocycles. The highest BCUT2D eigenvalue weighted by atomic mass is 16.7. The lowest BCUT2D eigenvalue weighted by Gasteiger charge is -2.33. The molecular weight excluding hydrogens is 468 g/mol. The van der Waals surface area contributed by atoms with Gasteiger partial charge in [-0.05, 0) is 24.1 Å². The lowest BCUT2D eigenvalue weighted by molar-refractivity contribution is -0.204. The molecule has 0 aliphatic carbocycles. The smallest absolute Gasteiger partial charge is 0.407 e. The van der Waals surface area contributed by atoms with Crippen molar-refractivity contribution in [1.82, 2.24) is 5.32 Å². The minimum absolute atomic E-state index is 0.0446. The Labute approximate surface area is 210 Å². The number of anilines is 1. The molecule has 1 aliphatic rings. The van der Waals surface area contributed by atoms with Gasteiger partial charge in [0.15, 0.2) is 6.10 Å². The Balaban J connectivity index is 1.63. The van der Waals surface area contributed by atoms with Crippen LogP contribution in [0.15, 0.2) is 48.5 Å². The molecule has 10 nitrogen and oxygen atoms in total. The van der Waals surface area contributed by atoms with Gasteiger partial charge < -0.3 is 34.3 Å². The van der Waals surface area contributed by atoms with E-state index in [1.807, 2.05) is 36.4 Å². The van der Waals surface area contributed by atoms with Crippen molar-refractivity contribution in [1.29, 1.82) is 0 Å². The average molecular weight is 501 g/mol. The number of carbonyl (C=O) groups is 3. The molecular formula is C26H32N2O8. The van der Waals surface area contributed by atoms with Crippen LogP contribution in [0.25, 0.3) is 0 Å². The molecule has 0 bridgehead atoms. The Morgan fingerprint density at radius 1 is 1.08 bits per heavy atom. The fourth-order valence-electron chi connectivity index (χ4n) is 3.76. The van der Waals surface area contributed by atoms with Crippen LogP contribution in [-0.4, -0.2) is 57.2 Å². The summed E-state index contributed by atoms with van der Waals surface area (Å²) in [7, 11) is 3.02. The summed E-state index contributed by atoms with van der Waals surface area (Å²) in [5, 5.41) is 5.76. The number of benzene rings is 2. The van der Waals surface area contributed by atoms with Gasteiger partial charge >= 0.3 is 18.0 Å². The monoisotopic (exact) mass is 500 g/mol. The van der Waals surface area contributed by atoms with Crippen LogP contribution in [0, 0.1) is 0 Å². The number of rotatable bonds is 10. The summed E-state index contributed by atoms with van der Waals surface area (Å²) in [6, 6.07) is 15.1. The number of nitrogens with one attached hydrogen (secondary N) is 2. The summed E-state index contributed by atoms with van der Waals surface area (Å²) in [5.74, 6) is -0.648. The van der Waals surface area contributed by atoms with Crippen LogP contribution in [0.3, 0.4) is 0 Å². The van der Waals surface area contributed by atoms with E-state index >= 15 is 0 Å². The van der Waals surface area contributed by atoms with Crippen LogP contribution < -0.4 is 15.4 Å². The number of alkyl carbamates (subject to hydrolysis) is 1. The van der Waals surface area contributed by atoms with Gasteiger partial charge in [-0.2, -0.15) is 0 Å². The number of carbonyl (C=O) groups excluding carboxylic acids is 3. The molecule has 10 heteroatoms. The standard InChI is InChI=1S/C26H32N2O8/c1-17(29)34-21-14-23(25(30)32-3)36-24(15-21)35-22-13-20(27-2)10-9-19(22)16-33-26(31)28-12-11-18-7-5-4-6-8-18/h4-10,13,21,23-24,27H,11-12,14-16H2,1-3H3,(H,28,31). The number of hydrogen-bond donors (Lipinski definition) is 2. The summed E-state index contributed by atoms with van der Waals surface area (Å²) in [6.45, 7) is 1.69. The molecule has 2 aromatic rings. The number of esters is 2. The van der Waals surface area contributed by atoms with Crippen LogP contribution in [-0.2, 0) is 41.6 Å². The lowest BCUT2D eigenvalue weighted by Crippen LogP contribution is -2.44. The third kappa shape index (κ3) is 8.16. The maximum absolute atomic E-state index is 12.2. The minimum atomic E-state index is -0.944. The molecule has 3 rings (SSSR count). The maximum atomic E-state index is 12.2. The van der Waals surface area contributed by atoms with Gasteiger partial charge in [0.2, 0.25) is 6.29 Å². The van der Waals surface area contributed by atoms with Crippen LogP contribution in [0.4, 0.5) is 10.5 Å². The zero-order valence-corrected chi connectivity index (χ0v) is 20.7. The first-order valence-electron chi connectivity index (χ1n) is 11.7. The number of hydrogen-bond acceptors (Lipinski definition) is 9. The summed E-state index contributed by atoms with van der Waals surface area (Å²) in [6.07, 6.45) is -1.89. The van der Waals surface area contributed by atoms with E-state index in [1.165, 1.54) is 14.0 Å². The molecule has 3 unspecified atom stereocenters. The van der Waals surface area contributed by atoms with Crippen LogP contribution in [0.2, 0.25) is 0 Å². The summed E-state index contributed by atoms with van der Waals surface area (Å²) < 4.78 is 27.3. The zero-order valence-electron chi connectivity index (χ0n) is 20.7. The van der Waals surface area contributed by atoms with Crippen LogP contribution >= 0.6 is 0 Å². The van der Waals surface area contributed by atoms with Crippen molar-refractivity contribution in [3.8, 4) is 5.75 Å². The van der Waals surface area contributed by atoms with Crippen molar-refractivity contribution < 1.29 is 38.1 Å². The molecule has 0 spiro atoms. The van der Waals surface area contributed by atoms with Gasteiger partial charge in [-0.3, -0.25) is 4.79 Å². The van der Waals surface area contributed by atoms with E-state index in [1.54, 1.807) is 19.2 Å². The fraction of sp³-hybridized carbons (Fsp3) is 0.423. The van der Waals surface area contributed by atoms with E-state index in [2.05, 4.69) is 10.6 Å². The zero-order chi connectivity index (χ0) is 25.9. The Morgan fingerprint density at radius 3 is 2.56 bits per heavy atom. The molecule has 2 N–H and O–H groups in total. The maximum Gasteiger partial charge on any atom is 0.407 e. The predicted octanol–water partition coefficient (Wildman–Crippen LogP) is 3.19. The number of amides is 1. The highest BCUT2D eigenvalue weighted by Crippen LogP contribution is 2.30. The summed E-state index contributed by atoms with van der Waals surface area (Å²) in [5.41, 5.74) is 2.47. The first kappa shape index (κ1) is 26.8. The first-order chi connectivity index (χ1) is 17.4. The van der Waals surface area contributed by atoms with Crippen molar-refractivity contribution in [2.75, 3.05) is 26.0 Å². The molecule has 0 saturated carbocycles. The summed E-state index contributed by atoms with van der Waals surface area (Å²) in [4.78, 5) is 35.8. The van der Waals surface area contributed by atoms with E-state index in [9.17, 15) is 14.4 Å². The Bertz CT molecular complexity index is 1030. The Morgan fingerprint density at radius 2 is 1.86 bits per heavy atom. The lowest BCUT2D eigenvalue weighted by atomic mass is 10.0. The summed E-state index contributed by atoms with van der Waals surface area (Å²) >= 11 is 0. The number of ether oxygens (including phenoxy) is 5. The molecule has 1 fully saturated rings. The quantitative estimate of drug-likeness (QED) is 0.374. The molecule has 0 radical (unpaired) electrons. The van der Waals surface area contributed by atoms with Crippen molar-refractivity contribution in [2.45, 2.75) is 51.3 Å². The highest BCUT2D eigenvalue weighted by molar-refractivity contribution is 5.75. The van der Waals surface area contributed by atoms with Crippen LogP contribution in [0.5, 0.6) is 5.75 Å². The topological polar surface area (TPSA) is 121 Å².